The maximum absolute atomic E-state index is 13.1. The molecule has 5 rings (SSSR count). The maximum Gasteiger partial charge on any atom is 0.265 e. The summed E-state index contributed by atoms with van der Waals surface area (Å²) in [7, 11) is 0. The average Bonchev–Trinajstić information content (AvgIpc) is 3.55. The number of amides is 1. The molecule has 2 fully saturated rings. The summed E-state index contributed by atoms with van der Waals surface area (Å²) in [5.74, 6) is 0.258. The molecule has 2 atom stereocenters. The van der Waals surface area contributed by atoms with Crippen LogP contribution in [-0.4, -0.2) is 32.5 Å². The van der Waals surface area contributed by atoms with Gasteiger partial charge in [0.05, 0.1) is 28.6 Å². The zero-order chi connectivity index (χ0) is 19.3. The number of carbonyl (C=O) groups excluding carboxylic acids is 1. The van der Waals surface area contributed by atoms with Gasteiger partial charge < -0.3 is 10.4 Å². The minimum atomic E-state index is -0.523. The van der Waals surface area contributed by atoms with E-state index < -0.39 is 6.10 Å². The fourth-order valence-electron chi connectivity index (χ4n) is 4.22. The molecule has 2 heterocycles. The molecule has 1 aromatic carbocycles. The van der Waals surface area contributed by atoms with Gasteiger partial charge in [0, 0.05) is 6.20 Å². The number of benzene rings is 1. The van der Waals surface area contributed by atoms with Crippen LogP contribution in [0, 0.1) is 0 Å². The number of pyridine rings is 1. The van der Waals surface area contributed by atoms with Crippen molar-refractivity contribution in [2.24, 2.45) is 0 Å². The van der Waals surface area contributed by atoms with Crippen LogP contribution in [0.2, 0.25) is 0 Å². The molecule has 6 heteroatoms. The molecular weight excluding hydrogens is 354 g/mol. The Morgan fingerprint density at radius 2 is 1.96 bits per heavy atom. The van der Waals surface area contributed by atoms with E-state index in [4.69, 9.17) is 0 Å². The van der Waals surface area contributed by atoms with Crippen LogP contribution in [-0.2, 0) is 0 Å². The highest BCUT2D eigenvalue weighted by Crippen LogP contribution is 2.40. The lowest BCUT2D eigenvalue weighted by Crippen LogP contribution is -2.45. The van der Waals surface area contributed by atoms with Gasteiger partial charge in [0.15, 0.2) is 5.65 Å². The summed E-state index contributed by atoms with van der Waals surface area (Å²) in [5, 5.41) is 13.7. The number of aliphatic hydroxyl groups excluding tert-OH is 1. The number of nitrogens with one attached hydrogen (secondary N) is 1. The molecule has 2 aliphatic rings. The van der Waals surface area contributed by atoms with Gasteiger partial charge in [-0.15, -0.1) is 0 Å². The van der Waals surface area contributed by atoms with E-state index in [-0.39, 0.29) is 17.5 Å². The number of rotatable bonds is 3. The highest BCUT2D eigenvalue weighted by atomic mass is 16.3. The van der Waals surface area contributed by atoms with E-state index in [2.05, 4.69) is 10.3 Å². The zero-order valence-electron chi connectivity index (χ0n) is 15.6. The van der Waals surface area contributed by atoms with E-state index >= 15 is 0 Å². The van der Waals surface area contributed by atoms with E-state index in [1.807, 2.05) is 18.2 Å². The SMILES string of the molecule is O=C(N[C@H]1CCCC[C@@H]1O)c1cccn2c(=O)c3cc(C4CC4)ccc3nc12. The molecule has 0 radical (unpaired) electrons. The molecule has 0 saturated heterocycles. The molecule has 2 aliphatic carbocycles. The number of carbonyl (C=O) groups is 1. The Labute approximate surface area is 162 Å². The Balaban J connectivity index is 1.57. The Kier molecular flexibility index (Phi) is 4.16. The lowest BCUT2D eigenvalue weighted by Gasteiger charge is -2.28. The maximum atomic E-state index is 13.1. The fourth-order valence-corrected chi connectivity index (χ4v) is 4.22. The highest BCUT2D eigenvalue weighted by Gasteiger charge is 2.26. The van der Waals surface area contributed by atoms with Gasteiger partial charge in [-0.25, -0.2) is 4.98 Å². The largest absolute Gasteiger partial charge is 0.391 e. The number of aliphatic hydroxyl groups is 1. The molecule has 144 valence electrons. The van der Waals surface area contributed by atoms with Crippen LogP contribution in [0.25, 0.3) is 16.6 Å². The predicted molar refractivity (Wildman–Crippen MR) is 107 cm³/mol. The average molecular weight is 377 g/mol. The first-order valence-corrected chi connectivity index (χ1v) is 10.1. The number of hydrogen-bond acceptors (Lipinski definition) is 4. The van der Waals surface area contributed by atoms with E-state index in [9.17, 15) is 14.7 Å². The molecule has 2 aromatic heterocycles. The van der Waals surface area contributed by atoms with Crippen LogP contribution in [0.4, 0.5) is 0 Å². The normalized spacial score (nSPS) is 22.5. The summed E-state index contributed by atoms with van der Waals surface area (Å²) in [6.45, 7) is 0. The van der Waals surface area contributed by atoms with Crippen LogP contribution in [0.5, 0.6) is 0 Å². The molecule has 0 unspecified atom stereocenters. The van der Waals surface area contributed by atoms with E-state index in [0.717, 1.165) is 19.3 Å². The first-order chi connectivity index (χ1) is 13.6. The van der Waals surface area contributed by atoms with Crippen LogP contribution in [0.3, 0.4) is 0 Å². The molecule has 3 aromatic rings. The van der Waals surface area contributed by atoms with Crippen LogP contribution in [0.15, 0.2) is 41.3 Å². The molecular formula is C22H23N3O3. The van der Waals surface area contributed by atoms with Gasteiger partial charge in [0.1, 0.15) is 0 Å². The van der Waals surface area contributed by atoms with Crippen molar-refractivity contribution in [1.29, 1.82) is 0 Å². The van der Waals surface area contributed by atoms with Crippen LogP contribution in [0.1, 0.15) is 60.4 Å². The third-order valence-electron chi connectivity index (χ3n) is 6.00. The minimum absolute atomic E-state index is 0.158. The lowest BCUT2D eigenvalue weighted by molar-refractivity contribution is 0.0718. The van der Waals surface area contributed by atoms with Crippen molar-refractivity contribution in [3.8, 4) is 0 Å². The molecule has 6 nitrogen and oxygen atoms in total. The summed E-state index contributed by atoms with van der Waals surface area (Å²) in [4.78, 5) is 30.6. The summed E-state index contributed by atoms with van der Waals surface area (Å²) in [6, 6.07) is 8.97. The summed E-state index contributed by atoms with van der Waals surface area (Å²) in [6.07, 6.45) is 6.90. The summed E-state index contributed by atoms with van der Waals surface area (Å²) in [5.41, 5.74) is 2.33. The Morgan fingerprint density at radius 3 is 2.75 bits per heavy atom. The molecule has 0 aliphatic heterocycles. The summed E-state index contributed by atoms with van der Waals surface area (Å²) >= 11 is 0. The van der Waals surface area contributed by atoms with Crippen molar-refractivity contribution >= 4 is 22.5 Å². The van der Waals surface area contributed by atoms with Crippen molar-refractivity contribution in [1.82, 2.24) is 14.7 Å². The Morgan fingerprint density at radius 1 is 1.14 bits per heavy atom. The second kappa shape index (κ2) is 6.71. The third-order valence-corrected chi connectivity index (χ3v) is 6.00. The van der Waals surface area contributed by atoms with Crippen molar-refractivity contribution in [2.45, 2.75) is 56.6 Å². The van der Waals surface area contributed by atoms with Crippen molar-refractivity contribution in [3.63, 3.8) is 0 Å². The van der Waals surface area contributed by atoms with Crippen molar-refractivity contribution in [2.75, 3.05) is 0 Å². The van der Waals surface area contributed by atoms with Crippen molar-refractivity contribution < 1.29 is 9.90 Å². The minimum Gasteiger partial charge on any atom is -0.391 e. The second-order valence-electron chi connectivity index (χ2n) is 8.02. The molecule has 2 N–H and O–H groups in total. The molecule has 0 bridgehead atoms. The smallest absolute Gasteiger partial charge is 0.265 e. The van der Waals surface area contributed by atoms with Crippen molar-refractivity contribution in [3.05, 3.63) is 58.0 Å². The zero-order valence-corrected chi connectivity index (χ0v) is 15.6. The first kappa shape index (κ1) is 17.4. The van der Waals surface area contributed by atoms with Gasteiger partial charge in [-0.3, -0.25) is 14.0 Å². The standard InChI is InChI=1S/C22H23N3O3/c26-19-6-2-1-5-18(19)24-21(27)15-4-3-11-25-20(15)23-17-10-9-14(13-7-8-13)12-16(17)22(25)28/h3-4,9-13,18-19,26H,1-2,5-8H2,(H,24,27)/t18-,19-/m0/s1. The number of aromatic nitrogens is 2. The van der Waals surface area contributed by atoms with Crippen LogP contribution < -0.4 is 10.9 Å². The number of hydrogen-bond donors (Lipinski definition) is 2. The molecule has 28 heavy (non-hydrogen) atoms. The van der Waals surface area contributed by atoms with E-state index in [0.29, 0.717) is 34.5 Å². The Bertz CT molecular complexity index is 1130. The lowest BCUT2D eigenvalue weighted by atomic mass is 9.92. The van der Waals surface area contributed by atoms with Gasteiger partial charge in [0.25, 0.3) is 11.5 Å². The topological polar surface area (TPSA) is 83.7 Å². The number of nitrogens with zero attached hydrogens (tertiary/aromatic N) is 2. The van der Waals surface area contributed by atoms with Gasteiger partial charge >= 0.3 is 0 Å². The first-order valence-electron chi connectivity index (χ1n) is 10.1. The van der Waals surface area contributed by atoms with Gasteiger partial charge in [-0.05, 0) is 61.4 Å². The van der Waals surface area contributed by atoms with Gasteiger partial charge in [0.2, 0.25) is 0 Å². The fraction of sp³-hybridized carbons (Fsp3) is 0.409. The molecule has 1 amide bonds. The van der Waals surface area contributed by atoms with Crippen LogP contribution >= 0.6 is 0 Å². The number of fused-ring (bicyclic) bond motifs is 2. The van der Waals surface area contributed by atoms with Gasteiger partial charge in [-0.2, -0.15) is 0 Å². The monoisotopic (exact) mass is 377 g/mol. The highest BCUT2D eigenvalue weighted by molar-refractivity contribution is 6.00. The predicted octanol–water partition coefficient (Wildman–Crippen LogP) is 2.76. The molecule has 2 saturated carbocycles. The van der Waals surface area contributed by atoms with E-state index in [1.165, 1.54) is 22.8 Å². The third kappa shape index (κ3) is 2.98. The quantitative estimate of drug-likeness (QED) is 0.688. The second-order valence-corrected chi connectivity index (χ2v) is 8.02. The van der Waals surface area contributed by atoms with E-state index in [1.54, 1.807) is 18.3 Å². The molecule has 0 spiro atoms. The Hall–Kier alpha value is -2.73. The summed E-state index contributed by atoms with van der Waals surface area (Å²) < 4.78 is 1.45. The van der Waals surface area contributed by atoms with Gasteiger partial charge in [-0.1, -0.05) is 18.9 Å².